The highest BCUT2D eigenvalue weighted by Gasteiger charge is 2.12. The molecule has 4 aromatic carbocycles. The van der Waals surface area contributed by atoms with E-state index in [1.54, 1.807) is 72.8 Å². The van der Waals surface area contributed by atoms with Crippen molar-refractivity contribution in [3.05, 3.63) is 145 Å². The third-order valence-corrected chi connectivity index (χ3v) is 8.72. The Bertz CT molecular complexity index is 1890. The average molecular weight is 787 g/mol. The van der Waals surface area contributed by atoms with Gasteiger partial charge in [0.1, 0.15) is 23.0 Å². The van der Waals surface area contributed by atoms with Crippen LogP contribution >= 0.6 is 0 Å². The number of allylic oxidation sites excluding steroid dienone is 1. The van der Waals surface area contributed by atoms with Crippen LogP contribution in [0.15, 0.2) is 133 Å². The molecule has 0 saturated heterocycles. The molecule has 58 heavy (non-hydrogen) atoms. The fraction of sp³-hybridized carbons (Fsp3) is 0.277. The van der Waals surface area contributed by atoms with Crippen molar-refractivity contribution in [1.82, 2.24) is 0 Å². The molecule has 0 amide bonds. The first-order chi connectivity index (χ1) is 28.2. The lowest BCUT2D eigenvalue weighted by Crippen LogP contribution is -2.09. The maximum absolute atomic E-state index is 12.8. The van der Waals surface area contributed by atoms with Crippen LogP contribution in [0.25, 0.3) is 0 Å². The van der Waals surface area contributed by atoms with Crippen molar-refractivity contribution in [2.45, 2.75) is 65.2 Å². The zero-order valence-electron chi connectivity index (χ0n) is 33.2. The van der Waals surface area contributed by atoms with Gasteiger partial charge in [0.15, 0.2) is 5.78 Å². The van der Waals surface area contributed by atoms with E-state index in [9.17, 15) is 19.2 Å². The topological polar surface area (TPSA) is 139 Å². The van der Waals surface area contributed by atoms with Crippen molar-refractivity contribution >= 4 is 35.1 Å². The quantitative estimate of drug-likeness (QED) is 0.0170. The molecule has 0 bridgehead atoms. The first-order valence-corrected chi connectivity index (χ1v) is 19.4. The van der Waals surface area contributed by atoms with Gasteiger partial charge in [-0.1, -0.05) is 27.0 Å². The Morgan fingerprint density at radius 1 is 0.500 bits per heavy atom. The normalized spacial score (nSPS) is 11.3. The fourth-order valence-corrected chi connectivity index (χ4v) is 5.42. The van der Waals surface area contributed by atoms with Gasteiger partial charge in [-0.3, -0.25) is 4.79 Å². The van der Waals surface area contributed by atoms with Crippen LogP contribution in [-0.4, -0.2) is 54.9 Å². The van der Waals surface area contributed by atoms with Crippen LogP contribution < -0.4 is 18.9 Å². The Labute approximate surface area is 340 Å². The summed E-state index contributed by atoms with van der Waals surface area (Å²) < 4.78 is 27.6. The SMILES string of the molecule is C=CC(=O)CCCCCOc1ccc(C(=O)Oc2ccc(C(CC)=NN=C(CC)c3ccc(OC(=O)c4ccc(OCCCCOC(=O)C=C)cc4)cc3)cc2)cc1. The zero-order valence-corrected chi connectivity index (χ0v) is 33.2. The van der Waals surface area contributed by atoms with Crippen LogP contribution in [0.1, 0.15) is 97.1 Å². The summed E-state index contributed by atoms with van der Waals surface area (Å²) in [5.41, 5.74) is 4.00. The summed E-state index contributed by atoms with van der Waals surface area (Å²) in [4.78, 5) is 48.0. The third kappa shape index (κ3) is 14.8. The van der Waals surface area contributed by atoms with Crippen molar-refractivity contribution in [3.63, 3.8) is 0 Å². The van der Waals surface area contributed by atoms with Crippen molar-refractivity contribution in [2.24, 2.45) is 10.2 Å². The van der Waals surface area contributed by atoms with E-state index in [0.29, 0.717) is 86.0 Å². The van der Waals surface area contributed by atoms with E-state index in [1.165, 1.54) is 6.08 Å². The van der Waals surface area contributed by atoms with Crippen LogP contribution in [0.4, 0.5) is 0 Å². The molecule has 302 valence electrons. The number of hydrogen-bond donors (Lipinski definition) is 0. The van der Waals surface area contributed by atoms with Gasteiger partial charge in [-0.25, -0.2) is 14.4 Å². The van der Waals surface area contributed by atoms with Gasteiger partial charge in [0.2, 0.25) is 0 Å². The smallest absolute Gasteiger partial charge is 0.343 e. The Morgan fingerprint density at radius 2 is 0.897 bits per heavy atom. The summed E-state index contributed by atoms with van der Waals surface area (Å²) in [7, 11) is 0. The average Bonchev–Trinajstić information content (AvgIpc) is 3.25. The summed E-state index contributed by atoms with van der Waals surface area (Å²) in [5, 5.41) is 9.12. The van der Waals surface area contributed by atoms with Gasteiger partial charge >= 0.3 is 17.9 Å². The molecular formula is C47H50N2O9. The van der Waals surface area contributed by atoms with Crippen LogP contribution in [0.2, 0.25) is 0 Å². The molecule has 0 aromatic heterocycles. The minimum absolute atomic E-state index is 0.0552. The number of ketones is 1. The molecular weight excluding hydrogens is 737 g/mol. The first kappa shape index (κ1) is 44.1. The van der Waals surface area contributed by atoms with Crippen molar-refractivity contribution in [2.75, 3.05) is 19.8 Å². The predicted molar refractivity (Wildman–Crippen MR) is 224 cm³/mol. The predicted octanol–water partition coefficient (Wildman–Crippen LogP) is 9.72. The molecule has 4 aromatic rings. The molecule has 0 saturated carbocycles. The van der Waals surface area contributed by atoms with Gasteiger partial charge in [0.05, 0.1) is 42.4 Å². The zero-order chi connectivity index (χ0) is 41.5. The minimum atomic E-state index is -0.496. The highest BCUT2D eigenvalue weighted by Crippen LogP contribution is 2.21. The lowest BCUT2D eigenvalue weighted by Gasteiger charge is -2.09. The maximum Gasteiger partial charge on any atom is 0.343 e. The van der Waals surface area contributed by atoms with Crippen LogP contribution in [0.5, 0.6) is 23.0 Å². The van der Waals surface area contributed by atoms with E-state index in [4.69, 9.17) is 23.7 Å². The summed E-state index contributed by atoms with van der Waals surface area (Å²) in [6.45, 7) is 12.1. The number of esters is 3. The van der Waals surface area contributed by atoms with Gasteiger partial charge in [0, 0.05) is 12.5 Å². The highest BCUT2D eigenvalue weighted by atomic mass is 16.5. The molecule has 0 radical (unpaired) electrons. The van der Waals surface area contributed by atoms with Crippen LogP contribution in [0.3, 0.4) is 0 Å². The molecule has 0 spiro atoms. The molecule has 0 aliphatic rings. The third-order valence-electron chi connectivity index (χ3n) is 8.72. The summed E-state index contributed by atoms with van der Waals surface area (Å²) in [6.07, 6.45) is 8.12. The minimum Gasteiger partial charge on any atom is -0.494 e. The fourth-order valence-electron chi connectivity index (χ4n) is 5.42. The lowest BCUT2D eigenvalue weighted by molar-refractivity contribution is -0.137. The summed E-state index contributed by atoms with van der Waals surface area (Å²) in [6, 6.07) is 27.7. The number of unbranched alkanes of at least 4 members (excludes halogenated alkanes) is 3. The second kappa shape index (κ2) is 24.1. The standard InChI is InChI=1S/C47H50N2O9/c1-5-38(50)14-10-9-11-31-54-39-23-19-36(20-24-39)46(52)57-41-27-15-34(16-28-41)43(6-2)48-49-44(7-3)35-17-29-42(30-18-35)58-47(53)37-21-25-40(26-22-37)55-32-12-13-33-56-45(51)8-4/h5,8,15-30H,1,4,6-7,9-14,31-33H2,2-3H3. The molecule has 0 unspecified atom stereocenters. The number of carbonyl (C=O) groups excluding carboxylic acids is 4. The van der Waals surface area contributed by atoms with E-state index in [2.05, 4.69) is 23.4 Å². The van der Waals surface area contributed by atoms with Gasteiger partial charge in [0.25, 0.3) is 0 Å². The number of nitrogens with zero attached hydrogens (tertiary/aromatic N) is 2. The summed E-state index contributed by atoms with van der Waals surface area (Å²) >= 11 is 0. The molecule has 0 heterocycles. The second-order valence-electron chi connectivity index (χ2n) is 12.9. The molecule has 0 fully saturated rings. The Morgan fingerprint density at radius 3 is 1.31 bits per heavy atom. The Balaban J connectivity index is 1.25. The first-order valence-electron chi connectivity index (χ1n) is 19.4. The molecule has 11 nitrogen and oxygen atoms in total. The van der Waals surface area contributed by atoms with Crippen molar-refractivity contribution in [3.8, 4) is 23.0 Å². The number of carbonyl (C=O) groups is 4. The number of benzene rings is 4. The molecule has 0 atom stereocenters. The maximum atomic E-state index is 12.8. The molecule has 11 heteroatoms. The molecule has 0 aliphatic heterocycles. The van der Waals surface area contributed by atoms with Crippen molar-refractivity contribution < 1.29 is 42.9 Å². The monoisotopic (exact) mass is 786 g/mol. The molecule has 0 N–H and O–H groups in total. The highest BCUT2D eigenvalue weighted by molar-refractivity contribution is 6.03. The lowest BCUT2D eigenvalue weighted by atomic mass is 10.1. The van der Waals surface area contributed by atoms with Crippen molar-refractivity contribution in [1.29, 1.82) is 0 Å². The Kier molecular flexibility index (Phi) is 18.3. The van der Waals surface area contributed by atoms with Gasteiger partial charge in [-0.15, -0.1) is 0 Å². The molecule has 0 aliphatic carbocycles. The van der Waals surface area contributed by atoms with Crippen LogP contribution in [-0.2, 0) is 14.3 Å². The number of rotatable bonds is 24. The van der Waals surface area contributed by atoms with Gasteiger partial charge < -0.3 is 23.7 Å². The van der Waals surface area contributed by atoms with E-state index < -0.39 is 17.9 Å². The van der Waals surface area contributed by atoms with E-state index in [0.717, 1.165) is 47.9 Å². The van der Waals surface area contributed by atoms with E-state index >= 15 is 0 Å². The van der Waals surface area contributed by atoms with E-state index in [-0.39, 0.29) is 5.78 Å². The van der Waals surface area contributed by atoms with Gasteiger partial charge in [-0.05, 0) is 159 Å². The molecule has 4 rings (SSSR count). The van der Waals surface area contributed by atoms with Gasteiger partial charge in [-0.2, -0.15) is 10.2 Å². The second-order valence-corrected chi connectivity index (χ2v) is 12.9. The summed E-state index contributed by atoms with van der Waals surface area (Å²) in [5.74, 6) is 0.700. The largest absolute Gasteiger partial charge is 0.494 e. The Hall–Kier alpha value is -6.62. The number of ether oxygens (including phenoxy) is 5. The van der Waals surface area contributed by atoms with Crippen LogP contribution in [0, 0.1) is 0 Å². The van der Waals surface area contributed by atoms with E-state index in [1.807, 2.05) is 38.1 Å². The number of hydrogen-bond acceptors (Lipinski definition) is 11.